The lowest BCUT2D eigenvalue weighted by Crippen LogP contribution is -2.23. The van der Waals surface area contributed by atoms with Gasteiger partial charge in [0.2, 0.25) is 5.65 Å². The smallest absolute Gasteiger partial charge is 0.382 e. The Morgan fingerprint density at radius 1 is 1.03 bits per heavy atom. The van der Waals surface area contributed by atoms with E-state index >= 15 is 0 Å². The highest BCUT2D eigenvalue weighted by Gasteiger charge is 2.16. The Morgan fingerprint density at radius 2 is 1.66 bits per heavy atom. The number of carbonyl (C=O) groups excluding carboxylic acids is 1. The van der Waals surface area contributed by atoms with Crippen molar-refractivity contribution in [2.24, 2.45) is 14.1 Å². The largest absolute Gasteiger partial charge is 0.477 e. The van der Waals surface area contributed by atoms with Crippen molar-refractivity contribution in [3.8, 4) is 0 Å². The number of carboxylic acids is 1. The summed E-state index contributed by atoms with van der Waals surface area (Å²) in [6, 6.07) is 6.87. The van der Waals surface area contributed by atoms with E-state index in [1.54, 1.807) is 59.9 Å². The Labute approximate surface area is 165 Å². The molecule has 10 nitrogen and oxygen atoms in total. The highest BCUT2D eigenvalue weighted by atomic mass is 16.7. The second kappa shape index (κ2) is 7.97. The number of pyridine rings is 1. The van der Waals surface area contributed by atoms with Crippen molar-refractivity contribution < 1.29 is 19.5 Å². The van der Waals surface area contributed by atoms with Crippen molar-refractivity contribution in [1.82, 2.24) is 29.3 Å². The van der Waals surface area contributed by atoms with E-state index in [4.69, 9.17) is 9.94 Å². The molecule has 0 spiro atoms. The van der Waals surface area contributed by atoms with E-state index in [2.05, 4.69) is 15.3 Å². The Balaban J connectivity index is 0.000000204. The highest BCUT2D eigenvalue weighted by molar-refractivity contribution is 5.88. The van der Waals surface area contributed by atoms with Crippen LogP contribution < -0.4 is 4.84 Å². The Morgan fingerprint density at radius 3 is 2.17 bits per heavy atom. The first-order valence-corrected chi connectivity index (χ1v) is 8.64. The minimum Gasteiger partial charge on any atom is -0.477 e. The molecular weight excluding hydrogens is 376 g/mol. The predicted octanol–water partition coefficient (Wildman–Crippen LogP) is 1.77. The highest BCUT2D eigenvalue weighted by Crippen LogP contribution is 2.09. The summed E-state index contributed by atoms with van der Waals surface area (Å²) in [5.74, 6) is -1.39. The standard InChI is InChI=1S/C12H11N5O2.C7H9NO2/c1-8-6-10(16(2)7-8)12(18)19-17-11-9(14-15-17)4-3-5-13-11;1-5-3-6(7(9)10)8(2)4-5/h3-7H,1-2H3;3-4H,1-2H3,(H,9,10). The van der Waals surface area contributed by atoms with Gasteiger partial charge in [-0.15, -0.1) is 5.10 Å². The molecule has 0 saturated heterocycles. The summed E-state index contributed by atoms with van der Waals surface area (Å²) in [7, 11) is 3.50. The predicted molar refractivity (Wildman–Crippen MR) is 103 cm³/mol. The van der Waals surface area contributed by atoms with E-state index in [1.165, 1.54) is 0 Å². The molecule has 0 aliphatic carbocycles. The monoisotopic (exact) mass is 396 g/mol. The maximum atomic E-state index is 12.0. The second-order valence-electron chi connectivity index (χ2n) is 6.52. The van der Waals surface area contributed by atoms with Crippen molar-refractivity contribution >= 4 is 23.1 Å². The molecule has 4 rings (SSSR count). The fourth-order valence-electron chi connectivity index (χ4n) is 2.81. The molecule has 0 unspecified atom stereocenters. The molecule has 4 heterocycles. The molecule has 0 aliphatic rings. The van der Waals surface area contributed by atoms with Crippen molar-refractivity contribution in [2.75, 3.05) is 0 Å². The summed E-state index contributed by atoms with van der Waals surface area (Å²) >= 11 is 0. The summed E-state index contributed by atoms with van der Waals surface area (Å²) < 4.78 is 3.29. The molecule has 29 heavy (non-hydrogen) atoms. The number of hydrogen-bond acceptors (Lipinski definition) is 6. The first kappa shape index (κ1) is 19.8. The Bertz CT molecular complexity index is 1190. The van der Waals surface area contributed by atoms with E-state index in [1.807, 2.05) is 20.0 Å². The van der Waals surface area contributed by atoms with Gasteiger partial charge in [0.1, 0.15) is 16.9 Å². The van der Waals surface area contributed by atoms with Gasteiger partial charge in [-0.1, -0.05) is 0 Å². The zero-order valence-corrected chi connectivity index (χ0v) is 16.4. The van der Waals surface area contributed by atoms with Gasteiger partial charge >= 0.3 is 11.9 Å². The fourth-order valence-corrected chi connectivity index (χ4v) is 2.81. The Hall–Kier alpha value is -3.95. The molecule has 0 aliphatic heterocycles. The fraction of sp³-hybridized carbons (Fsp3) is 0.211. The van der Waals surface area contributed by atoms with E-state index in [9.17, 15) is 9.59 Å². The van der Waals surface area contributed by atoms with Crippen LogP contribution in [-0.2, 0) is 14.1 Å². The number of carboxylic acid groups (broad SMARTS) is 1. The molecule has 0 bridgehead atoms. The number of hydrogen-bond donors (Lipinski definition) is 1. The van der Waals surface area contributed by atoms with E-state index in [0.717, 1.165) is 16.0 Å². The zero-order chi connectivity index (χ0) is 21.1. The Kier molecular flexibility index (Phi) is 5.44. The van der Waals surface area contributed by atoms with Crippen LogP contribution in [0.5, 0.6) is 0 Å². The van der Waals surface area contributed by atoms with E-state index in [0.29, 0.717) is 22.6 Å². The van der Waals surface area contributed by atoms with Crippen molar-refractivity contribution in [3.63, 3.8) is 0 Å². The van der Waals surface area contributed by atoms with Crippen LogP contribution in [0.15, 0.2) is 42.9 Å². The molecule has 0 fully saturated rings. The van der Waals surface area contributed by atoms with Crippen LogP contribution in [0.4, 0.5) is 0 Å². The van der Waals surface area contributed by atoms with Crippen LogP contribution >= 0.6 is 0 Å². The molecule has 10 heteroatoms. The third-order valence-corrected chi connectivity index (χ3v) is 4.06. The number of rotatable bonds is 3. The molecular formula is C19H20N6O4. The summed E-state index contributed by atoms with van der Waals surface area (Å²) in [5.41, 5.74) is 3.70. The minimum absolute atomic E-state index is 0.331. The van der Waals surface area contributed by atoms with Crippen molar-refractivity contribution in [1.29, 1.82) is 0 Å². The van der Waals surface area contributed by atoms with E-state index < -0.39 is 11.9 Å². The van der Waals surface area contributed by atoms with Crippen LogP contribution in [0.1, 0.15) is 32.1 Å². The third kappa shape index (κ3) is 4.32. The first-order chi connectivity index (χ1) is 13.8. The third-order valence-electron chi connectivity index (χ3n) is 4.06. The minimum atomic E-state index is -0.879. The molecule has 4 aromatic rings. The maximum absolute atomic E-state index is 12.0. The summed E-state index contributed by atoms with van der Waals surface area (Å²) in [6.07, 6.45) is 5.21. The molecule has 0 radical (unpaired) electrons. The average molecular weight is 396 g/mol. The lowest BCUT2D eigenvalue weighted by atomic mass is 10.3. The van der Waals surface area contributed by atoms with E-state index in [-0.39, 0.29) is 0 Å². The number of nitrogens with zero attached hydrogens (tertiary/aromatic N) is 6. The average Bonchev–Trinajstić information content (AvgIpc) is 3.32. The van der Waals surface area contributed by atoms with Crippen LogP contribution in [0.25, 0.3) is 11.2 Å². The number of aromatic nitrogens is 6. The summed E-state index contributed by atoms with van der Waals surface area (Å²) in [4.78, 5) is 32.7. The quantitative estimate of drug-likeness (QED) is 0.525. The van der Waals surface area contributed by atoms with Gasteiger partial charge in [0, 0.05) is 32.7 Å². The van der Waals surface area contributed by atoms with Gasteiger partial charge in [0.05, 0.1) is 0 Å². The normalized spacial score (nSPS) is 10.5. The SMILES string of the molecule is Cc1cc(C(=O)O)n(C)c1.Cc1cc(C(=O)On2nnc3cccnc32)n(C)c1. The van der Waals surface area contributed by atoms with Gasteiger partial charge in [-0.25, -0.2) is 14.6 Å². The van der Waals surface area contributed by atoms with Crippen molar-refractivity contribution in [3.05, 3.63) is 65.4 Å². The molecule has 0 aromatic carbocycles. The van der Waals surface area contributed by atoms with Crippen LogP contribution in [0, 0.1) is 13.8 Å². The molecule has 0 saturated carbocycles. The molecule has 0 amide bonds. The number of carbonyl (C=O) groups is 2. The topological polar surface area (TPSA) is 117 Å². The molecule has 1 N–H and O–H groups in total. The zero-order valence-electron chi connectivity index (χ0n) is 16.4. The van der Waals surface area contributed by atoms with Gasteiger partial charge in [-0.05, 0) is 59.3 Å². The maximum Gasteiger partial charge on any atom is 0.382 e. The lowest BCUT2D eigenvalue weighted by Gasteiger charge is -2.03. The number of aromatic carboxylic acids is 1. The summed E-state index contributed by atoms with van der Waals surface area (Å²) in [6.45, 7) is 3.77. The van der Waals surface area contributed by atoms with Gasteiger partial charge in [0.15, 0.2) is 0 Å². The number of aryl methyl sites for hydroxylation is 4. The first-order valence-electron chi connectivity index (χ1n) is 8.64. The van der Waals surface area contributed by atoms with Gasteiger partial charge in [-0.3, -0.25) is 0 Å². The van der Waals surface area contributed by atoms with Crippen molar-refractivity contribution in [2.45, 2.75) is 13.8 Å². The molecule has 150 valence electrons. The van der Waals surface area contributed by atoms with Gasteiger partial charge < -0.3 is 19.1 Å². The van der Waals surface area contributed by atoms with Crippen LogP contribution in [-0.4, -0.2) is 46.3 Å². The number of fused-ring (bicyclic) bond motifs is 1. The van der Waals surface area contributed by atoms with Crippen LogP contribution in [0.3, 0.4) is 0 Å². The lowest BCUT2D eigenvalue weighted by molar-refractivity contribution is 0.0394. The molecule has 4 aromatic heterocycles. The van der Waals surface area contributed by atoms with Gasteiger partial charge in [-0.2, -0.15) is 0 Å². The molecule has 0 atom stereocenters. The second-order valence-corrected chi connectivity index (χ2v) is 6.52. The van der Waals surface area contributed by atoms with Gasteiger partial charge in [0.25, 0.3) is 0 Å². The van der Waals surface area contributed by atoms with Crippen LogP contribution in [0.2, 0.25) is 0 Å². The summed E-state index contributed by atoms with van der Waals surface area (Å²) in [5, 5.41) is 16.2.